The lowest BCUT2D eigenvalue weighted by Crippen LogP contribution is -2.50. The molecule has 0 aliphatic carbocycles. The summed E-state index contributed by atoms with van der Waals surface area (Å²) in [5, 5.41) is 2.33. The van der Waals surface area contributed by atoms with Gasteiger partial charge >= 0.3 is 0 Å². The van der Waals surface area contributed by atoms with Crippen LogP contribution in [0.5, 0.6) is 0 Å². The number of rotatable bonds is 6. The van der Waals surface area contributed by atoms with Crippen molar-refractivity contribution in [2.45, 2.75) is 12.8 Å². The first-order valence-electron chi connectivity index (χ1n) is 9.30. The Bertz CT molecular complexity index is 986. The number of halogens is 2. The van der Waals surface area contributed by atoms with Crippen LogP contribution in [-0.4, -0.2) is 49.7 Å². The van der Waals surface area contributed by atoms with E-state index in [1.165, 1.54) is 9.71 Å². The minimum absolute atomic E-state index is 0.00658. The number of piperazine rings is 1. The minimum Gasteiger partial charge on any atom is -0.340 e. The molecule has 0 bridgehead atoms. The fourth-order valence-corrected chi connectivity index (χ4v) is 4.81. The second kappa shape index (κ2) is 9.76. The van der Waals surface area contributed by atoms with Crippen LogP contribution in [0, 0.1) is 0 Å². The first kappa shape index (κ1) is 21.8. The Morgan fingerprint density at radius 3 is 2.34 bits per heavy atom. The Kier molecular flexibility index (Phi) is 7.35. The van der Waals surface area contributed by atoms with Gasteiger partial charge < -0.3 is 4.90 Å². The first-order valence-corrected chi connectivity index (χ1v) is 11.6. The van der Waals surface area contributed by atoms with Gasteiger partial charge in [0, 0.05) is 48.1 Å². The van der Waals surface area contributed by atoms with Crippen molar-refractivity contribution in [1.82, 2.24) is 9.21 Å². The lowest BCUT2D eigenvalue weighted by molar-refractivity contribution is -0.132. The van der Waals surface area contributed by atoms with E-state index in [2.05, 4.69) is 0 Å². The van der Waals surface area contributed by atoms with Crippen LogP contribution in [0.25, 0.3) is 6.08 Å². The van der Waals surface area contributed by atoms with E-state index in [0.29, 0.717) is 36.0 Å². The van der Waals surface area contributed by atoms with Crippen LogP contribution in [0.2, 0.25) is 10.0 Å². The number of sulfonamides is 1. The molecular formula is C21H22Cl2N2O3S. The lowest BCUT2D eigenvalue weighted by atomic mass is 10.1. The number of carbonyl (C=O) groups excluding carboxylic acids is 1. The maximum absolute atomic E-state index is 12.5. The molecule has 0 atom stereocenters. The van der Waals surface area contributed by atoms with E-state index in [1.54, 1.807) is 23.1 Å². The third kappa shape index (κ3) is 6.06. The van der Waals surface area contributed by atoms with E-state index >= 15 is 0 Å². The van der Waals surface area contributed by atoms with Crippen molar-refractivity contribution in [2.24, 2.45) is 0 Å². The highest BCUT2D eigenvalue weighted by molar-refractivity contribution is 7.92. The summed E-state index contributed by atoms with van der Waals surface area (Å²) in [6, 6.07) is 14.5. The molecule has 0 unspecified atom stereocenters. The van der Waals surface area contributed by atoms with E-state index in [1.807, 2.05) is 36.4 Å². The van der Waals surface area contributed by atoms with Gasteiger partial charge in [-0.3, -0.25) is 4.79 Å². The summed E-state index contributed by atoms with van der Waals surface area (Å²) in [7, 11) is -3.51. The van der Waals surface area contributed by atoms with Crippen LogP contribution in [0.3, 0.4) is 0 Å². The Morgan fingerprint density at radius 2 is 1.69 bits per heavy atom. The van der Waals surface area contributed by atoms with Crippen molar-refractivity contribution in [3.63, 3.8) is 0 Å². The zero-order valence-corrected chi connectivity index (χ0v) is 18.1. The fraction of sp³-hybridized carbons (Fsp3) is 0.286. The number of benzene rings is 2. The highest BCUT2D eigenvalue weighted by atomic mass is 35.5. The van der Waals surface area contributed by atoms with Crippen LogP contribution < -0.4 is 0 Å². The summed E-state index contributed by atoms with van der Waals surface area (Å²) < 4.78 is 26.5. The van der Waals surface area contributed by atoms with E-state index in [4.69, 9.17) is 23.2 Å². The van der Waals surface area contributed by atoms with Gasteiger partial charge in [-0.25, -0.2) is 8.42 Å². The third-order valence-electron chi connectivity index (χ3n) is 4.81. The summed E-state index contributed by atoms with van der Waals surface area (Å²) in [5.41, 5.74) is 1.70. The zero-order valence-electron chi connectivity index (χ0n) is 15.8. The van der Waals surface area contributed by atoms with Crippen molar-refractivity contribution in [3.05, 3.63) is 75.1 Å². The Balaban J connectivity index is 1.51. The van der Waals surface area contributed by atoms with Crippen LogP contribution in [0.4, 0.5) is 0 Å². The monoisotopic (exact) mass is 452 g/mol. The lowest BCUT2D eigenvalue weighted by Gasteiger charge is -2.33. The first-order chi connectivity index (χ1) is 13.8. The molecule has 0 spiro atoms. The topological polar surface area (TPSA) is 57.7 Å². The highest BCUT2D eigenvalue weighted by Crippen LogP contribution is 2.22. The second-order valence-corrected chi connectivity index (χ2v) is 9.44. The number of hydrogen-bond donors (Lipinski definition) is 0. The van der Waals surface area contributed by atoms with Crippen LogP contribution >= 0.6 is 23.2 Å². The predicted octanol–water partition coefficient (Wildman–Crippen LogP) is 4.07. The molecule has 1 saturated heterocycles. The molecule has 2 aromatic carbocycles. The number of amides is 1. The highest BCUT2D eigenvalue weighted by Gasteiger charge is 2.27. The summed E-state index contributed by atoms with van der Waals surface area (Å²) in [4.78, 5) is 14.2. The Morgan fingerprint density at radius 1 is 1.00 bits per heavy atom. The van der Waals surface area contributed by atoms with Gasteiger partial charge in [0.15, 0.2) is 0 Å². The average Bonchev–Trinajstić information content (AvgIpc) is 2.72. The SMILES string of the molecule is O=C(CCc1ccc(Cl)cc1Cl)N1CCN(S(=O)(=O)/C=C/c2ccccc2)CC1. The van der Waals surface area contributed by atoms with Crippen LogP contribution in [-0.2, 0) is 21.2 Å². The molecule has 1 aliphatic rings. The normalized spacial score (nSPS) is 15.7. The van der Waals surface area contributed by atoms with Gasteiger partial charge in [0.2, 0.25) is 15.9 Å². The van der Waals surface area contributed by atoms with Crippen molar-refractivity contribution in [1.29, 1.82) is 0 Å². The summed E-state index contributed by atoms with van der Waals surface area (Å²) in [6.07, 6.45) is 2.43. The molecule has 154 valence electrons. The Labute approximate surface area is 181 Å². The maximum Gasteiger partial charge on any atom is 0.236 e. The van der Waals surface area contributed by atoms with E-state index in [0.717, 1.165) is 11.1 Å². The number of carbonyl (C=O) groups is 1. The molecular weight excluding hydrogens is 431 g/mol. The molecule has 1 fully saturated rings. The standard InChI is InChI=1S/C21H22Cl2N2O3S/c22-19-8-6-18(20(23)16-19)7-9-21(26)24-11-13-25(14-12-24)29(27,28)15-10-17-4-2-1-3-5-17/h1-6,8,10,15-16H,7,9,11-14H2/b15-10+. The predicted molar refractivity (Wildman–Crippen MR) is 117 cm³/mol. The second-order valence-electron chi connectivity index (χ2n) is 6.77. The smallest absolute Gasteiger partial charge is 0.236 e. The van der Waals surface area contributed by atoms with E-state index < -0.39 is 10.0 Å². The van der Waals surface area contributed by atoms with Crippen molar-refractivity contribution >= 4 is 45.2 Å². The zero-order chi connectivity index (χ0) is 20.9. The van der Waals surface area contributed by atoms with Crippen molar-refractivity contribution < 1.29 is 13.2 Å². The van der Waals surface area contributed by atoms with Gasteiger partial charge in [0.1, 0.15) is 0 Å². The van der Waals surface area contributed by atoms with Gasteiger partial charge in [-0.05, 0) is 35.8 Å². The Hall–Kier alpha value is -1.86. The molecule has 8 heteroatoms. The van der Waals surface area contributed by atoms with Gasteiger partial charge in [0.25, 0.3) is 0 Å². The molecule has 0 saturated carbocycles. The molecule has 1 amide bonds. The molecule has 5 nitrogen and oxygen atoms in total. The largest absolute Gasteiger partial charge is 0.340 e. The van der Waals surface area contributed by atoms with E-state index in [9.17, 15) is 13.2 Å². The minimum atomic E-state index is -3.51. The number of aryl methyl sites for hydroxylation is 1. The molecule has 1 aliphatic heterocycles. The average molecular weight is 453 g/mol. The molecule has 0 aromatic heterocycles. The maximum atomic E-state index is 12.5. The number of nitrogens with zero attached hydrogens (tertiary/aromatic N) is 2. The summed E-state index contributed by atoms with van der Waals surface area (Å²) >= 11 is 12.0. The van der Waals surface area contributed by atoms with Gasteiger partial charge in [-0.2, -0.15) is 4.31 Å². The quantitative estimate of drug-likeness (QED) is 0.663. The molecule has 3 rings (SSSR count). The van der Waals surface area contributed by atoms with Gasteiger partial charge in [0.05, 0.1) is 0 Å². The van der Waals surface area contributed by atoms with Crippen molar-refractivity contribution in [3.8, 4) is 0 Å². The summed E-state index contributed by atoms with van der Waals surface area (Å²) in [6.45, 7) is 1.33. The molecule has 2 aromatic rings. The van der Waals surface area contributed by atoms with E-state index in [-0.39, 0.29) is 19.0 Å². The molecule has 29 heavy (non-hydrogen) atoms. The van der Waals surface area contributed by atoms with Crippen molar-refractivity contribution in [2.75, 3.05) is 26.2 Å². The molecule has 0 radical (unpaired) electrons. The van der Waals surface area contributed by atoms with Crippen LogP contribution in [0.15, 0.2) is 53.9 Å². The van der Waals surface area contributed by atoms with Gasteiger partial charge in [-0.15, -0.1) is 0 Å². The summed E-state index contributed by atoms with van der Waals surface area (Å²) in [5.74, 6) is -0.00658. The molecule has 1 heterocycles. The van der Waals surface area contributed by atoms with Crippen LogP contribution in [0.1, 0.15) is 17.5 Å². The third-order valence-corrected chi connectivity index (χ3v) is 6.96. The molecule has 0 N–H and O–H groups in total. The number of hydrogen-bond acceptors (Lipinski definition) is 3. The van der Waals surface area contributed by atoms with Gasteiger partial charge in [-0.1, -0.05) is 59.6 Å². The fourth-order valence-electron chi connectivity index (χ4n) is 3.13.